The van der Waals surface area contributed by atoms with Gasteiger partial charge < -0.3 is 15.0 Å². The van der Waals surface area contributed by atoms with E-state index in [1.807, 2.05) is 0 Å². The lowest BCUT2D eigenvalue weighted by atomic mass is 9.97. The van der Waals surface area contributed by atoms with Crippen LogP contribution in [0.15, 0.2) is 29.3 Å². The fraction of sp³-hybridized carbons (Fsp3) is 0.652. The number of benzene rings is 1. The lowest BCUT2D eigenvalue weighted by Crippen LogP contribution is -2.46. The molecular weight excluding hydrogens is 491 g/mol. The van der Waals surface area contributed by atoms with Crippen LogP contribution in [0.4, 0.5) is 0 Å². The number of hydrogen-bond donors (Lipinski definition) is 1. The van der Waals surface area contributed by atoms with E-state index in [1.165, 1.54) is 50.6 Å². The molecule has 3 rings (SSSR count). The van der Waals surface area contributed by atoms with Gasteiger partial charge in [-0.15, -0.1) is 24.0 Å². The summed E-state index contributed by atoms with van der Waals surface area (Å²) in [5.41, 5.74) is 2.61. The van der Waals surface area contributed by atoms with Crippen molar-refractivity contribution in [1.82, 2.24) is 15.1 Å². The van der Waals surface area contributed by atoms with Gasteiger partial charge in [0.25, 0.3) is 0 Å². The number of nitrogens with zero attached hydrogens (tertiary/aromatic N) is 3. The highest BCUT2D eigenvalue weighted by atomic mass is 127. The number of hydrogen-bond acceptors (Lipinski definition) is 4. The Labute approximate surface area is 198 Å². The van der Waals surface area contributed by atoms with Gasteiger partial charge in [-0.3, -0.25) is 9.69 Å². The Kier molecular flexibility index (Phi) is 10.9. The predicted octanol–water partition coefficient (Wildman–Crippen LogP) is 3.64. The van der Waals surface area contributed by atoms with Gasteiger partial charge in [0.05, 0.1) is 19.6 Å². The van der Waals surface area contributed by atoms with Gasteiger partial charge in [0.2, 0.25) is 0 Å². The van der Waals surface area contributed by atoms with Crippen molar-refractivity contribution in [2.24, 2.45) is 10.9 Å². The highest BCUT2D eigenvalue weighted by Gasteiger charge is 2.26. The summed E-state index contributed by atoms with van der Waals surface area (Å²) in [4.78, 5) is 21.4. The summed E-state index contributed by atoms with van der Waals surface area (Å²) in [5.74, 6) is 0.871. The van der Waals surface area contributed by atoms with Crippen molar-refractivity contribution in [1.29, 1.82) is 0 Å². The Bertz CT molecular complexity index is 666. The van der Waals surface area contributed by atoms with Crippen molar-refractivity contribution >= 4 is 35.9 Å². The highest BCUT2D eigenvalue weighted by molar-refractivity contribution is 14.0. The first-order chi connectivity index (χ1) is 14.2. The Morgan fingerprint density at radius 2 is 1.70 bits per heavy atom. The summed E-state index contributed by atoms with van der Waals surface area (Å²) in [5, 5.41) is 3.40. The molecule has 2 aliphatic rings. The lowest BCUT2D eigenvalue weighted by Gasteiger charge is -2.33. The van der Waals surface area contributed by atoms with Crippen LogP contribution < -0.4 is 5.32 Å². The van der Waals surface area contributed by atoms with Crippen molar-refractivity contribution in [3.05, 3.63) is 35.4 Å². The molecule has 30 heavy (non-hydrogen) atoms. The van der Waals surface area contributed by atoms with Gasteiger partial charge >= 0.3 is 5.97 Å². The topological polar surface area (TPSA) is 57.2 Å². The van der Waals surface area contributed by atoms with E-state index in [2.05, 4.69) is 46.3 Å². The summed E-state index contributed by atoms with van der Waals surface area (Å²) in [6.07, 6.45) is 5.68. The highest BCUT2D eigenvalue weighted by Crippen LogP contribution is 2.19. The molecule has 2 fully saturated rings. The van der Waals surface area contributed by atoms with E-state index < -0.39 is 0 Å². The molecule has 2 heterocycles. The summed E-state index contributed by atoms with van der Waals surface area (Å²) >= 11 is 0. The number of rotatable bonds is 6. The smallest absolute Gasteiger partial charge is 0.308 e. The van der Waals surface area contributed by atoms with Gasteiger partial charge in [-0.1, -0.05) is 30.7 Å². The van der Waals surface area contributed by atoms with Crippen LogP contribution in [0.5, 0.6) is 0 Å². The number of guanidine groups is 1. The van der Waals surface area contributed by atoms with Gasteiger partial charge in [0.1, 0.15) is 0 Å². The molecule has 0 aromatic heterocycles. The summed E-state index contributed by atoms with van der Waals surface area (Å²) < 4.78 is 4.89. The van der Waals surface area contributed by atoms with Crippen LogP contribution >= 0.6 is 24.0 Å². The van der Waals surface area contributed by atoms with E-state index in [0.717, 1.165) is 45.0 Å². The third-order valence-electron chi connectivity index (χ3n) is 5.95. The molecule has 0 spiro atoms. The molecule has 6 nitrogen and oxygen atoms in total. The minimum Gasteiger partial charge on any atom is -0.469 e. The number of carbonyl (C=O) groups is 1. The van der Waals surface area contributed by atoms with Gasteiger partial charge in [0.15, 0.2) is 5.96 Å². The zero-order valence-electron chi connectivity index (χ0n) is 18.4. The van der Waals surface area contributed by atoms with E-state index in [1.54, 1.807) is 0 Å². The zero-order valence-corrected chi connectivity index (χ0v) is 20.8. The Hall–Kier alpha value is -1.35. The molecule has 0 bridgehead atoms. The second-order valence-electron chi connectivity index (χ2n) is 8.11. The lowest BCUT2D eigenvalue weighted by molar-refractivity contribution is -0.146. The normalized spacial score (nSPS) is 18.6. The molecule has 0 unspecified atom stereocenters. The Morgan fingerprint density at radius 1 is 1.07 bits per heavy atom. The van der Waals surface area contributed by atoms with Crippen LogP contribution in [0.1, 0.15) is 50.2 Å². The number of likely N-dealkylation sites (tertiary alicyclic amines) is 2. The first-order valence-electron chi connectivity index (χ1n) is 11.1. The van der Waals surface area contributed by atoms with Gasteiger partial charge in [-0.25, -0.2) is 4.99 Å². The predicted molar refractivity (Wildman–Crippen MR) is 132 cm³/mol. The molecule has 168 valence electrons. The van der Waals surface area contributed by atoms with Crippen molar-refractivity contribution in [2.45, 2.75) is 52.1 Å². The number of esters is 1. The quantitative estimate of drug-likeness (QED) is 0.265. The standard InChI is InChI=1S/C23H36N4O2.HI/c1-3-24-23(27-15-11-21(12-16-27)22(28)29-2)25-17-19-7-9-20(10-8-19)18-26-13-5-4-6-14-26;/h7-10,21H,3-6,11-18H2,1-2H3,(H,24,25);1H. The van der Waals surface area contributed by atoms with E-state index in [9.17, 15) is 4.79 Å². The molecule has 1 aromatic rings. The molecule has 1 N–H and O–H groups in total. The number of piperidine rings is 2. The molecule has 1 aromatic carbocycles. The fourth-order valence-electron chi connectivity index (χ4n) is 4.21. The van der Waals surface area contributed by atoms with Crippen molar-refractivity contribution < 1.29 is 9.53 Å². The van der Waals surface area contributed by atoms with E-state index in [-0.39, 0.29) is 35.9 Å². The molecule has 0 amide bonds. The average molecular weight is 528 g/mol. The van der Waals surface area contributed by atoms with E-state index in [4.69, 9.17) is 9.73 Å². The monoisotopic (exact) mass is 528 g/mol. The number of carbonyl (C=O) groups excluding carboxylic acids is 1. The minimum absolute atomic E-state index is 0. The van der Waals surface area contributed by atoms with Crippen molar-refractivity contribution in [3.8, 4) is 0 Å². The van der Waals surface area contributed by atoms with Crippen LogP contribution in [-0.4, -0.2) is 61.6 Å². The van der Waals surface area contributed by atoms with E-state index >= 15 is 0 Å². The second kappa shape index (κ2) is 13.1. The summed E-state index contributed by atoms with van der Waals surface area (Å²) in [6, 6.07) is 8.90. The average Bonchev–Trinajstić information content (AvgIpc) is 2.78. The molecule has 7 heteroatoms. The summed E-state index contributed by atoms with van der Waals surface area (Å²) in [7, 11) is 1.47. The second-order valence-corrected chi connectivity index (χ2v) is 8.11. The van der Waals surface area contributed by atoms with E-state index in [0.29, 0.717) is 6.54 Å². The minimum atomic E-state index is -0.0868. The SMILES string of the molecule is CCNC(=NCc1ccc(CN2CCCCC2)cc1)N1CCC(C(=O)OC)CC1.I. The third-order valence-corrected chi connectivity index (χ3v) is 5.95. The maximum absolute atomic E-state index is 11.7. The van der Waals surface area contributed by atoms with Crippen LogP contribution in [0.2, 0.25) is 0 Å². The Morgan fingerprint density at radius 3 is 2.30 bits per heavy atom. The number of methoxy groups -OCH3 is 1. The third kappa shape index (κ3) is 7.41. The van der Waals surface area contributed by atoms with Crippen LogP contribution in [-0.2, 0) is 22.6 Å². The van der Waals surface area contributed by atoms with Crippen molar-refractivity contribution in [3.63, 3.8) is 0 Å². The molecular formula is C23H37IN4O2. The first-order valence-corrected chi connectivity index (χ1v) is 11.1. The van der Waals surface area contributed by atoms with Crippen LogP contribution in [0.25, 0.3) is 0 Å². The molecule has 0 atom stereocenters. The van der Waals surface area contributed by atoms with Crippen LogP contribution in [0, 0.1) is 5.92 Å². The number of halogens is 1. The van der Waals surface area contributed by atoms with Gasteiger partial charge in [-0.2, -0.15) is 0 Å². The number of nitrogens with one attached hydrogen (secondary N) is 1. The number of ether oxygens (including phenoxy) is 1. The van der Waals surface area contributed by atoms with Crippen LogP contribution in [0.3, 0.4) is 0 Å². The number of aliphatic imine (C=N–C) groups is 1. The zero-order chi connectivity index (χ0) is 20.5. The van der Waals surface area contributed by atoms with Crippen molar-refractivity contribution in [2.75, 3.05) is 39.8 Å². The largest absolute Gasteiger partial charge is 0.469 e. The first kappa shape index (κ1) is 24.9. The molecule has 0 aliphatic carbocycles. The maximum atomic E-state index is 11.7. The van der Waals surface area contributed by atoms with Gasteiger partial charge in [-0.05, 0) is 56.8 Å². The van der Waals surface area contributed by atoms with Gasteiger partial charge in [0, 0.05) is 26.2 Å². The molecule has 0 radical (unpaired) electrons. The fourth-order valence-corrected chi connectivity index (χ4v) is 4.21. The molecule has 2 saturated heterocycles. The molecule has 0 saturated carbocycles. The maximum Gasteiger partial charge on any atom is 0.308 e. The summed E-state index contributed by atoms with van der Waals surface area (Å²) in [6.45, 7) is 8.78. The Balaban J connectivity index is 0.00000320. The molecule has 2 aliphatic heterocycles.